The molecule has 1 aromatic rings. The van der Waals surface area contributed by atoms with Gasteiger partial charge in [-0.15, -0.1) is 0 Å². The van der Waals surface area contributed by atoms with E-state index in [1.54, 1.807) is 0 Å². The van der Waals surface area contributed by atoms with Crippen LogP contribution >= 0.6 is 0 Å². The molecule has 0 aliphatic heterocycles. The van der Waals surface area contributed by atoms with E-state index in [0.717, 1.165) is 37.8 Å². The topological polar surface area (TPSA) is 55.1 Å². The van der Waals surface area contributed by atoms with Crippen molar-refractivity contribution >= 4 is 5.97 Å². The SMILES string of the molecule is CC(C)n1ccc(CC2(C(=O)O)CCCCC2)n1. The van der Waals surface area contributed by atoms with Crippen molar-refractivity contribution < 1.29 is 9.90 Å². The number of carboxylic acid groups (broad SMARTS) is 1. The summed E-state index contributed by atoms with van der Waals surface area (Å²) in [5, 5.41) is 14.0. The maximum Gasteiger partial charge on any atom is 0.310 e. The van der Waals surface area contributed by atoms with Crippen molar-refractivity contribution in [2.45, 2.75) is 58.4 Å². The predicted molar refractivity (Wildman–Crippen MR) is 69.5 cm³/mol. The molecule has 0 saturated heterocycles. The Balaban J connectivity index is 2.15. The summed E-state index contributed by atoms with van der Waals surface area (Å²) in [5.74, 6) is -0.652. The molecule has 18 heavy (non-hydrogen) atoms. The first-order valence-corrected chi connectivity index (χ1v) is 6.81. The first-order chi connectivity index (χ1) is 8.53. The molecule has 1 saturated carbocycles. The van der Waals surface area contributed by atoms with E-state index < -0.39 is 11.4 Å². The Morgan fingerprint density at radius 2 is 2.11 bits per heavy atom. The highest BCUT2D eigenvalue weighted by Gasteiger charge is 2.40. The second kappa shape index (κ2) is 5.12. The van der Waals surface area contributed by atoms with E-state index in [1.807, 2.05) is 16.9 Å². The molecule has 1 aliphatic rings. The molecular formula is C14H22N2O2. The number of hydrogen-bond acceptors (Lipinski definition) is 2. The van der Waals surface area contributed by atoms with Crippen LogP contribution < -0.4 is 0 Å². The van der Waals surface area contributed by atoms with Gasteiger partial charge in [0, 0.05) is 18.7 Å². The number of carboxylic acids is 1. The third-order valence-corrected chi connectivity index (χ3v) is 3.98. The Labute approximate surface area is 108 Å². The maximum atomic E-state index is 11.6. The molecule has 1 fully saturated rings. The van der Waals surface area contributed by atoms with E-state index >= 15 is 0 Å². The van der Waals surface area contributed by atoms with Gasteiger partial charge in [0.05, 0.1) is 11.1 Å². The van der Waals surface area contributed by atoms with E-state index in [1.165, 1.54) is 0 Å². The number of aromatic nitrogens is 2. The van der Waals surface area contributed by atoms with Crippen LogP contribution in [-0.4, -0.2) is 20.9 Å². The van der Waals surface area contributed by atoms with Crippen molar-refractivity contribution in [1.29, 1.82) is 0 Å². The monoisotopic (exact) mass is 250 g/mol. The van der Waals surface area contributed by atoms with E-state index in [0.29, 0.717) is 12.5 Å². The van der Waals surface area contributed by atoms with E-state index in [-0.39, 0.29) is 0 Å². The molecule has 1 heterocycles. The number of rotatable bonds is 4. The predicted octanol–water partition coefficient (Wildman–Crippen LogP) is 3.04. The normalized spacial score (nSPS) is 19.1. The van der Waals surface area contributed by atoms with Crippen LogP contribution in [0.2, 0.25) is 0 Å². The summed E-state index contributed by atoms with van der Waals surface area (Å²) in [7, 11) is 0. The second-order valence-electron chi connectivity index (χ2n) is 5.70. The number of hydrogen-bond donors (Lipinski definition) is 1. The van der Waals surface area contributed by atoms with Crippen LogP contribution in [0.4, 0.5) is 0 Å². The van der Waals surface area contributed by atoms with E-state index in [2.05, 4.69) is 18.9 Å². The zero-order chi connectivity index (χ0) is 13.2. The lowest BCUT2D eigenvalue weighted by Crippen LogP contribution is -2.35. The summed E-state index contributed by atoms with van der Waals surface area (Å²) in [6.07, 6.45) is 7.30. The zero-order valence-electron chi connectivity index (χ0n) is 11.2. The summed E-state index contributed by atoms with van der Waals surface area (Å²) in [5.41, 5.74) is 0.335. The Morgan fingerprint density at radius 1 is 1.44 bits per heavy atom. The van der Waals surface area contributed by atoms with Gasteiger partial charge in [-0.05, 0) is 32.8 Å². The molecule has 2 rings (SSSR count). The van der Waals surface area contributed by atoms with Crippen molar-refractivity contribution in [2.24, 2.45) is 5.41 Å². The Hall–Kier alpha value is -1.32. The highest BCUT2D eigenvalue weighted by atomic mass is 16.4. The van der Waals surface area contributed by atoms with Crippen molar-refractivity contribution in [1.82, 2.24) is 9.78 Å². The van der Waals surface area contributed by atoms with Gasteiger partial charge in [0.25, 0.3) is 0 Å². The van der Waals surface area contributed by atoms with Crippen LogP contribution in [0.1, 0.15) is 57.7 Å². The fraction of sp³-hybridized carbons (Fsp3) is 0.714. The third kappa shape index (κ3) is 2.57. The molecule has 0 atom stereocenters. The summed E-state index contributed by atoms with van der Waals surface area (Å²) >= 11 is 0. The zero-order valence-corrected chi connectivity index (χ0v) is 11.2. The lowest BCUT2D eigenvalue weighted by molar-refractivity contribution is -0.151. The van der Waals surface area contributed by atoms with Crippen LogP contribution in [0.5, 0.6) is 0 Å². The van der Waals surface area contributed by atoms with Crippen LogP contribution in [0.3, 0.4) is 0 Å². The molecule has 1 aliphatic carbocycles. The molecule has 0 bridgehead atoms. The van der Waals surface area contributed by atoms with Gasteiger partial charge in [-0.25, -0.2) is 0 Å². The quantitative estimate of drug-likeness (QED) is 0.893. The van der Waals surface area contributed by atoms with Crippen molar-refractivity contribution in [3.05, 3.63) is 18.0 Å². The van der Waals surface area contributed by atoms with E-state index in [9.17, 15) is 9.90 Å². The Kier molecular flexibility index (Phi) is 3.73. The second-order valence-corrected chi connectivity index (χ2v) is 5.70. The maximum absolute atomic E-state index is 11.6. The smallest absolute Gasteiger partial charge is 0.310 e. The highest BCUT2D eigenvalue weighted by molar-refractivity contribution is 5.75. The molecule has 4 nitrogen and oxygen atoms in total. The van der Waals surface area contributed by atoms with Gasteiger partial charge >= 0.3 is 5.97 Å². The summed E-state index contributed by atoms with van der Waals surface area (Å²) in [6, 6.07) is 2.28. The van der Waals surface area contributed by atoms with Gasteiger partial charge < -0.3 is 5.11 Å². The fourth-order valence-corrected chi connectivity index (χ4v) is 2.80. The molecule has 0 spiro atoms. The van der Waals surface area contributed by atoms with Gasteiger partial charge in [0.1, 0.15) is 0 Å². The first-order valence-electron chi connectivity index (χ1n) is 6.81. The average Bonchev–Trinajstić information content (AvgIpc) is 2.78. The highest BCUT2D eigenvalue weighted by Crippen LogP contribution is 2.39. The van der Waals surface area contributed by atoms with Crippen LogP contribution in [0.15, 0.2) is 12.3 Å². The van der Waals surface area contributed by atoms with Crippen molar-refractivity contribution in [3.8, 4) is 0 Å². The van der Waals surface area contributed by atoms with E-state index in [4.69, 9.17) is 0 Å². The van der Waals surface area contributed by atoms with Crippen LogP contribution in [-0.2, 0) is 11.2 Å². The fourth-order valence-electron chi connectivity index (χ4n) is 2.80. The Bertz CT molecular complexity index is 417. The number of carbonyl (C=O) groups is 1. The Morgan fingerprint density at radius 3 is 2.61 bits per heavy atom. The molecular weight excluding hydrogens is 228 g/mol. The summed E-state index contributed by atoms with van der Waals surface area (Å²) < 4.78 is 1.90. The lowest BCUT2D eigenvalue weighted by atomic mass is 9.71. The van der Waals surface area contributed by atoms with Gasteiger partial charge in [-0.2, -0.15) is 5.10 Å². The molecule has 0 radical (unpaired) electrons. The molecule has 4 heteroatoms. The number of aliphatic carboxylic acids is 1. The van der Waals surface area contributed by atoms with Gasteiger partial charge in [0.15, 0.2) is 0 Å². The number of nitrogens with zero attached hydrogens (tertiary/aromatic N) is 2. The van der Waals surface area contributed by atoms with Crippen molar-refractivity contribution in [3.63, 3.8) is 0 Å². The van der Waals surface area contributed by atoms with Gasteiger partial charge in [-0.1, -0.05) is 19.3 Å². The van der Waals surface area contributed by atoms with Gasteiger partial charge in [0.2, 0.25) is 0 Å². The first kappa shape index (κ1) is 13.1. The van der Waals surface area contributed by atoms with Crippen molar-refractivity contribution in [2.75, 3.05) is 0 Å². The molecule has 100 valence electrons. The summed E-state index contributed by atoms with van der Waals surface area (Å²) in [6.45, 7) is 4.15. The van der Waals surface area contributed by atoms with Crippen LogP contribution in [0, 0.1) is 5.41 Å². The largest absolute Gasteiger partial charge is 0.481 e. The van der Waals surface area contributed by atoms with Crippen LogP contribution in [0.25, 0.3) is 0 Å². The standard InChI is InChI=1S/C14H22N2O2/c1-11(2)16-9-6-12(15-16)10-14(13(17)18)7-4-3-5-8-14/h6,9,11H,3-5,7-8,10H2,1-2H3,(H,17,18). The van der Waals surface area contributed by atoms with Gasteiger partial charge in [-0.3, -0.25) is 9.48 Å². The molecule has 0 aromatic carbocycles. The molecule has 0 unspecified atom stereocenters. The average molecular weight is 250 g/mol. The minimum Gasteiger partial charge on any atom is -0.481 e. The third-order valence-electron chi connectivity index (χ3n) is 3.98. The minimum atomic E-state index is -0.652. The minimum absolute atomic E-state index is 0.325. The molecule has 1 N–H and O–H groups in total. The lowest BCUT2D eigenvalue weighted by Gasteiger charge is -2.32. The molecule has 1 aromatic heterocycles. The summed E-state index contributed by atoms with van der Waals surface area (Å²) in [4.78, 5) is 11.6. The molecule has 0 amide bonds.